The minimum absolute atomic E-state index is 0.0133. The molecule has 1 aromatic carbocycles. The molecule has 1 aliphatic heterocycles. The Labute approximate surface area is 238 Å². The zero-order chi connectivity index (χ0) is 28.3. The number of hydrogen-bond donors (Lipinski definition) is 1. The number of aryl methyl sites for hydroxylation is 1. The molecule has 0 bridgehead atoms. The Morgan fingerprint density at radius 3 is 2.52 bits per heavy atom. The maximum Gasteiger partial charge on any atom is 0.272 e. The number of unbranched alkanes of at least 4 members (excludes halogenated alkanes) is 1. The lowest BCUT2D eigenvalue weighted by Crippen LogP contribution is -2.59. The number of aromatic nitrogens is 2. The summed E-state index contributed by atoms with van der Waals surface area (Å²) in [6.07, 6.45) is 17.4. The van der Waals surface area contributed by atoms with E-state index >= 15 is 0 Å². The Kier molecular flexibility index (Phi) is 10.8. The minimum atomic E-state index is -0.724. The Morgan fingerprint density at radius 1 is 1.05 bits per heavy atom. The highest BCUT2D eigenvalue weighted by molar-refractivity contribution is 5.98. The second-order valence-corrected chi connectivity index (χ2v) is 11.2. The van der Waals surface area contributed by atoms with Gasteiger partial charge in [-0.3, -0.25) is 19.4 Å². The first-order valence-electron chi connectivity index (χ1n) is 14.9. The molecule has 8 nitrogen and oxygen atoms in total. The Bertz CT molecular complexity index is 1130. The normalized spacial score (nSPS) is 19.4. The summed E-state index contributed by atoms with van der Waals surface area (Å²) in [5.74, 6) is -0.676. The van der Waals surface area contributed by atoms with Crippen molar-refractivity contribution in [3.05, 3.63) is 72.6 Å². The second kappa shape index (κ2) is 14.7. The summed E-state index contributed by atoms with van der Waals surface area (Å²) >= 11 is 0. The van der Waals surface area contributed by atoms with Crippen LogP contribution in [0.15, 0.2) is 61.3 Å². The summed E-state index contributed by atoms with van der Waals surface area (Å²) in [6, 6.07) is 8.95. The summed E-state index contributed by atoms with van der Waals surface area (Å²) in [6.45, 7) is 4.79. The lowest BCUT2D eigenvalue weighted by Gasteiger charge is -2.41. The molecule has 0 saturated heterocycles. The van der Waals surface area contributed by atoms with Crippen molar-refractivity contribution in [2.75, 3.05) is 6.54 Å². The number of nitrogens with zero attached hydrogens (tertiary/aromatic N) is 4. The van der Waals surface area contributed by atoms with Crippen molar-refractivity contribution >= 4 is 17.7 Å². The van der Waals surface area contributed by atoms with Crippen LogP contribution in [0.4, 0.5) is 0 Å². The van der Waals surface area contributed by atoms with E-state index < -0.39 is 18.0 Å². The number of hydrogen-bond acceptors (Lipinski definition) is 5. The fourth-order valence-corrected chi connectivity index (χ4v) is 5.94. The Morgan fingerprint density at radius 2 is 1.82 bits per heavy atom. The van der Waals surface area contributed by atoms with Crippen LogP contribution in [0.25, 0.3) is 0 Å². The van der Waals surface area contributed by atoms with Crippen molar-refractivity contribution in [3.8, 4) is 0 Å². The van der Waals surface area contributed by atoms with Crippen LogP contribution in [0, 0.1) is 11.8 Å². The average Bonchev–Trinajstić information content (AvgIpc) is 3.00. The molecule has 214 valence electrons. The number of benzene rings is 1. The SMILES string of the molecule is CCCC[C@H](C)[C@@H]1C(=O)N(CCCc2ccccc2)C=CN1C(=O)[C@@H](NC(=O)c1cnccn1)C1CCCCC1. The summed E-state index contributed by atoms with van der Waals surface area (Å²) in [4.78, 5) is 52.8. The Hall–Kier alpha value is -3.55. The van der Waals surface area contributed by atoms with E-state index in [0.717, 1.165) is 64.2 Å². The zero-order valence-electron chi connectivity index (χ0n) is 23.9. The first kappa shape index (κ1) is 29.4. The highest BCUT2D eigenvalue weighted by Crippen LogP contribution is 2.31. The minimum Gasteiger partial charge on any atom is -0.339 e. The van der Waals surface area contributed by atoms with E-state index in [0.29, 0.717) is 6.54 Å². The fraction of sp³-hybridized carbons (Fsp3) is 0.531. The van der Waals surface area contributed by atoms with Gasteiger partial charge in [-0.25, -0.2) is 4.98 Å². The van der Waals surface area contributed by atoms with E-state index in [9.17, 15) is 14.4 Å². The molecule has 0 radical (unpaired) electrons. The highest BCUT2D eigenvalue weighted by Gasteiger charge is 2.42. The third-order valence-corrected chi connectivity index (χ3v) is 8.23. The van der Waals surface area contributed by atoms with Crippen LogP contribution in [-0.4, -0.2) is 56.1 Å². The predicted octanol–water partition coefficient (Wildman–Crippen LogP) is 5.13. The quantitative estimate of drug-likeness (QED) is 0.399. The molecule has 3 atom stereocenters. The van der Waals surface area contributed by atoms with Crippen LogP contribution in [0.2, 0.25) is 0 Å². The number of nitrogens with one attached hydrogen (secondary N) is 1. The van der Waals surface area contributed by atoms with E-state index in [-0.39, 0.29) is 29.3 Å². The van der Waals surface area contributed by atoms with Crippen LogP contribution >= 0.6 is 0 Å². The maximum absolute atomic E-state index is 14.3. The summed E-state index contributed by atoms with van der Waals surface area (Å²) < 4.78 is 0. The average molecular weight is 546 g/mol. The molecule has 1 N–H and O–H groups in total. The molecule has 1 aliphatic carbocycles. The van der Waals surface area contributed by atoms with E-state index in [2.05, 4.69) is 41.3 Å². The molecular formula is C32H43N5O3. The molecule has 40 heavy (non-hydrogen) atoms. The first-order chi connectivity index (χ1) is 19.5. The molecular weight excluding hydrogens is 502 g/mol. The van der Waals surface area contributed by atoms with Crippen molar-refractivity contribution in [1.29, 1.82) is 0 Å². The lowest BCUT2D eigenvalue weighted by molar-refractivity contribution is -0.147. The number of carbonyl (C=O) groups excluding carboxylic acids is 3. The molecule has 1 fully saturated rings. The van der Waals surface area contributed by atoms with E-state index in [1.807, 2.05) is 18.2 Å². The van der Waals surface area contributed by atoms with Crippen LogP contribution in [0.3, 0.4) is 0 Å². The van der Waals surface area contributed by atoms with Gasteiger partial charge in [0.25, 0.3) is 5.91 Å². The molecule has 1 aromatic heterocycles. The van der Waals surface area contributed by atoms with Gasteiger partial charge < -0.3 is 15.1 Å². The molecule has 0 spiro atoms. The van der Waals surface area contributed by atoms with Crippen LogP contribution in [-0.2, 0) is 16.0 Å². The van der Waals surface area contributed by atoms with E-state index in [1.54, 1.807) is 22.2 Å². The smallest absolute Gasteiger partial charge is 0.272 e. The van der Waals surface area contributed by atoms with Gasteiger partial charge >= 0.3 is 0 Å². The van der Waals surface area contributed by atoms with Crippen molar-refractivity contribution in [1.82, 2.24) is 25.1 Å². The molecule has 1 saturated carbocycles. The van der Waals surface area contributed by atoms with Crippen molar-refractivity contribution in [2.45, 2.75) is 90.1 Å². The zero-order valence-corrected chi connectivity index (χ0v) is 23.9. The van der Waals surface area contributed by atoms with Crippen molar-refractivity contribution in [3.63, 3.8) is 0 Å². The Balaban J connectivity index is 1.55. The maximum atomic E-state index is 14.3. The third kappa shape index (κ3) is 7.55. The van der Waals surface area contributed by atoms with Crippen molar-refractivity contribution in [2.24, 2.45) is 11.8 Å². The predicted molar refractivity (Wildman–Crippen MR) is 155 cm³/mol. The number of rotatable bonds is 12. The summed E-state index contributed by atoms with van der Waals surface area (Å²) in [5.41, 5.74) is 1.42. The van der Waals surface area contributed by atoms with Gasteiger partial charge in [-0.05, 0) is 49.5 Å². The number of amides is 3. The van der Waals surface area contributed by atoms with Gasteiger partial charge in [0.05, 0.1) is 6.20 Å². The van der Waals surface area contributed by atoms with E-state index in [1.165, 1.54) is 24.2 Å². The fourth-order valence-electron chi connectivity index (χ4n) is 5.94. The summed E-state index contributed by atoms with van der Waals surface area (Å²) in [5, 5.41) is 2.99. The third-order valence-electron chi connectivity index (χ3n) is 8.23. The first-order valence-corrected chi connectivity index (χ1v) is 14.9. The van der Waals surface area contributed by atoms with Gasteiger partial charge in [0.15, 0.2) is 0 Å². The molecule has 4 rings (SSSR count). The second-order valence-electron chi connectivity index (χ2n) is 11.2. The molecule has 3 amide bonds. The molecule has 2 aliphatic rings. The lowest BCUT2D eigenvalue weighted by atomic mass is 9.82. The van der Waals surface area contributed by atoms with Gasteiger partial charge in [0, 0.05) is 31.3 Å². The number of carbonyl (C=O) groups is 3. The standard InChI is InChI=1S/C32H43N5O3/c1-3-4-12-24(2)29-32(40)36(20-11-15-25-13-7-5-8-14-25)21-22-37(29)31(39)28(26-16-9-6-10-17-26)35-30(38)27-23-33-18-19-34-27/h5,7-8,13-14,18-19,21-24,26,28-29H,3-4,6,9-12,15-17,20H2,1-2H3,(H,35,38)/t24-,28-,29+/m0/s1. The molecule has 8 heteroatoms. The monoisotopic (exact) mass is 545 g/mol. The van der Waals surface area contributed by atoms with Crippen LogP contribution < -0.4 is 5.32 Å². The summed E-state index contributed by atoms with van der Waals surface area (Å²) in [7, 11) is 0. The largest absolute Gasteiger partial charge is 0.339 e. The van der Waals surface area contributed by atoms with Gasteiger partial charge in [0.1, 0.15) is 17.8 Å². The topological polar surface area (TPSA) is 95.5 Å². The van der Waals surface area contributed by atoms with Gasteiger partial charge in [0.2, 0.25) is 11.8 Å². The van der Waals surface area contributed by atoms with Crippen molar-refractivity contribution < 1.29 is 14.4 Å². The molecule has 0 unspecified atom stereocenters. The van der Waals surface area contributed by atoms with E-state index in [4.69, 9.17) is 0 Å². The van der Waals surface area contributed by atoms with Gasteiger partial charge in [-0.2, -0.15) is 0 Å². The molecule has 2 heterocycles. The van der Waals surface area contributed by atoms with Crippen LogP contribution in [0.5, 0.6) is 0 Å². The molecule has 2 aromatic rings. The highest BCUT2D eigenvalue weighted by atomic mass is 16.2. The van der Waals surface area contributed by atoms with Crippen LogP contribution in [0.1, 0.15) is 87.7 Å². The van der Waals surface area contributed by atoms with Gasteiger partial charge in [-0.15, -0.1) is 0 Å². The van der Waals surface area contributed by atoms with Gasteiger partial charge in [-0.1, -0.05) is 76.3 Å².